The van der Waals surface area contributed by atoms with Crippen LogP contribution in [-0.4, -0.2) is 47.7 Å². The number of methoxy groups -OCH3 is 2. The Morgan fingerprint density at radius 3 is 2.28 bits per heavy atom. The van der Waals surface area contributed by atoms with E-state index >= 15 is 0 Å². The predicted molar refractivity (Wildman–Crippen MR) is 107 cm³/mol. The standard InChI is InChI=1S/C19H20ClNO7S/c1-4-28-19(23)16-11-13(5-10-17(16)20)21(12-18(22)27-3)29(24,25)15-8-6-14(26-2)7-9-15/h5-11H,4,12H2,1-3H3. The molecule has 0 spiro atoms. The van der Waals surface area contributed by atoms with Crippen molar-refractivity contribution in [1.82, 2.24) is 0 Å². The molecule has 0 atom stereocenters. The van der Waals surface area contributed by atoms with E-state index in [1.165, 1.54) is 49.6 Å². The van der Waals surface area contributed by atoms with Gasteiger partial charge in [0.25, 0.3) is 10.0 Å². The molecule has 0 heterocycles. The van der Waals surface area contributed by atoms with Crippen LogP contribution in [0.4, 0.5) is 5.69 Å². The zero-order chi connectivity index (χ0) is 21.6. The molecule has 2 aromatic carbocycles. The SMILES string of the molecule is CCOC(=O)c1cc(N(CC(=O)OC)S(=O)(=O)c2ccc(OC)cc2)ccc1Cl. The zero-order valence-corrected chi connectivity index (χ0v) is 17.6. The topological polar surface area (TPSA) is 99.2 Å². The van der Waals surface area contributed by atoms with Crippen molar-refractivity contribution in [3.05, 3.63) is 53.1 Å². The fourth-order valence-electron chi connectivity index (χ4n) is 2.41. The Labute approximate surface area is 174 Å². The van der Waals surface area contributed by atoms with E-state index in [0.29, 0.717) is 5.75 Å². The van der Waals surface area contributed by atoms with Gasteiger partial charge in [0.2, 0.25) is 0 Å². The third kappa shape index (κ3) is 5.18. The van der Waals surface area contributed by atoms with Crippen LogP contribution >= 0.6 is 11.6 Å². The smallest absolute Gasteiger partial charge is 0.339 e. The lowest BCUT2D eigenvalue weighted by Crippen LogP contribution is -2.36. The molecule has 156 valence electrons. The summed E-state index contributed by atoms with van der Waals surface area (Å²) in [6.45, 7) is 1.15. The van der Waals surface area contributed by atoms with E-state index in [9.17, 15) is 18.0 Å². The molecule has 0 fully saturated rings. The number of hydrogen-bond acceptors (Lipinski definition) is 7. The number of anilines is 1. The number of nitrogens with zero attached hydrogens (tertiary/aromatic N) is 1. The molecule has 0 bridgehead atoms. The van der Waals surface area contributed by atoms with Crippen molar-refractivity contribution < 1.29 is 32.2 Å². The minimum Gasteiger partial charge on any atom is -0.497 e. The molecule has 10 heteroatoms. The van der Waals surface area contributed by atoms with Gasteiger partial charge >= 0.3 is 11.9 Å². The molecule has 0 radical (unpaired) electrons. The van der Waals surface area contributed by atoms with E-state index in [0.717, 1.165) is 11.4 Å². The monoisotopic (exact) mass is 441 g/mol. The van der Waals surface area contributed by atoms with Crippen LogP contribution in [0, 0.1) is 0 Å². The summed E-state index contributed by atoms with van der Waals surface area (Å²) in [5.41, 5.74) is 0.0319. The fraction of sp³-hybridized carbons (Fsp3) is 0.263. The maximum atomic E-state index is 13.2. The van der Waals surface area contributed by atoms with E-state index in [1.54, 1.807) is 6.92 Å². The summed E-state index contributed by atoms with van der Waals surface area (Å²) in [7, 11) is -1.57. The zero-order valence-electron chi connectivity index (χ0n) is 16.0. The fourth-order valence-corrected chi connectivity index (χ4v) is 4.00. The second-order valence-corrected chi connectivity index (χ2v) is 7.92. The highest BCUT2D eigenvalue weighted by atomic mass is 35.5. The average molecular weight is 442 g/mol. The van der Waals surface area contributed by atoms with Crippen molar-refractivity contribution in [2.24, 2.45) is 0 Å². The number of ether oxygens (including phenoxy) is 3. The number of benzene rings is 2. The number of carbonyl (C=O) groups is 2. The van der Waals surface area contributed by atoms with Crippen molar-refractivity contribution >= 4 is 39.3 Å². The van der Waals surface area contributed by atoms with E-state index < -0.39 is 28.5 Å². The summed E-state index contributed by atoms with van der Waals surface area (Å²) in [6, 6.07) is 9.65. The van der Waals surface area contributed by atoms with Crippen LogP contribution < -0.4 is 9.04 Å². The van der Waals surface area contributed by atoms with Crippen molar-refractivity contribution in [3.8, 4) is 5.75 Å². The Hall–Kier alpha value is -2.78. The molecule has 0 saturated carbocycles. The predicted octanol–water partition coefficient (Wildman–Crippen LogP) is 2.89. The molecule has 0 aliphatic carbocycles. The largest absolute Gasteiger partial charge is 0.497 e. The van der Waals surface area contributed by atoms with Crippen LogP contribution in [0.5, 0.6) is 5.75 Å². The molecular formula is C19H20ClNO7S. The molecule has 2 aromatic rings. The summed E-state index contributed by atoms with van der Waals surface area (Å²) in [5.74, 6) is -1.02. The highest BCUT2D eigenvalue weighted by Gasteiger charge is 2.29. The molecule has 8 nitrogen and oxygen atoms in total. The van der Waals surface area contributed by atoms with Crippen molar-refractivity contribution in [2.75, 3.05) is 31.7 Å². The summed E-state index contributed by atoms with van der Waals surface area (Å²) in [4.78, 5) is 24.0. The van der Waals surface area contributed by atoms with Gasteiger partial charge in [-0.05, 0) is 49.4 Å². The van der Waals surface area contributed by atoms with E-state index in [-0.39, 0.29) is 27.8 Å². The molecule has 2 rings (SSSR count). The minimum atomic E-state index is -4.17. The van der Waals surface area contributed by atoms with E-state index in [1.807, 2.05) is 0 Å². The number of rotatable bonds is 8. The first-order valence-electron chi connectivity index (χ1n) is 8.44. The molecule has 0 N–H and O–H groups in total. The average Bonchev–Trinajstić information content (AvgIpc) is 2.72. The van der Waals surface area contributed by atoms with Gasteiger partial charge in [0.1, 0.15) is 12.3 Å². The van der Waals surface area contributed by atoms with Crippen LogP contribution in [0.15, 0.2) is 47.4 Å². The molecule has 0 unspecified atom stereocenters. The molecule has 0 aliphatic heterocycles. The van der Waals surface area contributed by atoms with Crippen LogP contribution in [0.3, 0.4) is 0 Å². The number of esters is 2. The number of halogens is 1. The summed E-state index contributed by atoms with van der Waals surface area (Å²) >= 11 is 6.05. The number of sulfonamides is 1. The maximum Gasteiger partial charge on any atom is 0.339 e. The van der Waals surface area contributed by atoms with Crippen LogP contribution in [0.1, 0.15) is 17.3 Å². The van der Waals surface area contributed by atoms with Gasteiger partial charge in [0.05, 0.1) is 42.0 Å². The quantitative estimate of drug-likeness (QED) is 0.580. The van der Waals surface area contributed by atoms with Crippen LogP contribution in [-0.2, 0) is 24.3 Å². The molecule has 0 amide bonds. The molecule has 0 aliphatic rings. The highest BCUT2D eigenvalue weighted by Crippen LogP contribution is 2.29. The Bertz CT molecular complexity index is 990. The Kier molecular flexibility index (Phi) is 7.46. The molecule has 0 aromatic heterocycles. The van der Waals surface area contributed by atoms with Crippen molar-refractivity contribution in [3.63, 3.8) is 0 Å². The molecule has 0 saturated heterocycles. The number of carbonyl (C=O) groups excluding carboxylic acids is 2. The lowest BCUT2D eigenvalue weighted by Gasteiger charge is -2.24. The first-order valence-corrected chi connectivity index (χ1v) is 10.3. The summed E-state index contributed by atoms with van der Waals surface area (Å²) < 4.78 is 41.9. The first kappa shape index (κ1) is 22.5. The van der Waals surface area contributed by atoms with Gasteiger partial charge in [0, 0.05) is 0 Å². The van der Waals surface area contributed by atoms with E-state index in [2.05, 4.69) is 4.74 Å². The second kappa shape index (κ2) is 9.62. The molecular weight excluding hydrogens is 422 g/mol. The van der Waals surface area contributed by atoms with Gasteiger partial charge < -0.3 is 14.2 Å². The second-order valence-electron chi connectivity index (χ2n) is 5.65. The summed E-state index contributed by atoms with van der Waals surface area (Å²) in [6.07, 6.45) is 0. The normalized spacial score (nSPS) is 10.9. The Balaban J connectivity index is 2.56. The van der Waals surface area contributed by atoms with Crippen molar-refractivity contribution in [2.45, 2.75) is 11.8 Å². The summed E-state index contributed by atoms with van der Waals surface area (Å²) in [5, 5.41) is 0.0899. The first-order chi connectivity index (χ1) is 13.7. The third-order valence-electron chi connectivity index (χ3n) is 3.88. The minimum absolute atomic E-state index is 0.0224. The van der Waals surface area contributed by atoms with Gasteiger partial charge in [-0.15, -0.1) is 0 Å². The number of hydrogen-bond donors (Lipinski definition) is 0. The molecule has 29 heavy (non-hydrogen) atoms. The van der Waals surface area contributed by atoms with Gasteiger partial charge in [-0.3, -0.25) is 9.10 Å². The third-order valence-corrected chi connectivity index (χ3v) is 6.00. The Morgan fingerprint density at radius 1 is 1.07 bits per heavy atom. The van der Waals surface area contributed by atoms with Crippen LogP contribution in [0.2, 0.25) is 5.02 Å². The van der Waals surface area contributed by atoms with Crippen LogP contribution in [0.25, 0.3) is 0 Å². The van der Waals surface area contributed by atoms with E-state index in [4.69, 9.17) is 21.1 Å². The van der Waals surface area contributed by atoms with Gasteiger partial charge in [-0.25, -0.2) is 13.2 Å². The maximum absolute atomic E-state index is 13.2. The lowest BCUT2D eigenvalue weighted by atomic mass is 10.2. The van der Waals surface area contributed by atoms with Gasteiger partial charge in [-0.1, -0.05) is 11.6 Å². The van der Waals surface area contributed by atoms with Gasteiger partial charge in [-0.2, -0.15) is 0 Å². The Morgan fingerprint density at radius 2 is 1.72 bits per heavy atom. The lowest BCUT2D eigenvalue weighted by molar-refractivity contribution is -0.138. The van der Waals surface area contributed by atoms with Gasteiger partial charge in [0.15, 0.2) is 0 Å². The van der Waals surface area contributed by atoms with Crippen molar-refractivity contribution in [1.29, 1.82) is 0 Å². The highest BCUT2D eigenvalue weighted by molar-refractivity contribution is 7.92.